The zero-order valence-corrected chi connectivity index (χ0v) is 10.6. The molecule has 1 aromatic heterocycles. The molecule has 2 rings (SSSR count). The second-order valence-electron chi connectivity index (χ2n) is 4.53. The van der Waals surface area contributed by atoms with Crippen LogP contribution in [0.4, 0.5) is 0 Å². The van der Waals surface area contributed by atoms with Crippen LogP contribution in [0.25, 0.3) is 0 Å². The minimum atomic E-state index is -0.0940. The average Bonchev–Trinajstić information content (AvgIpc) is 3.04. The smallest absolute Gasteiger partial charge is 0.227 e. The zero-order chi connectivity index (χ0) is 12.8. The number of carbonyl (C=O) groups excluding carboxylic acids is 1. The third-order valence-electron chi connectivity index (χ3n) is 3.10. The van der Waals surface area contributed by atoms with E-state index in [-0.39, 0.29) is 17.9 Å². The molecule has 1 aliphatic heterocycles. The maximum Gasteiger partial charge on any atom is 0.227 e. The first-order chi connectivity index (χ1) is 8.81. The van der Waals surface area contributed by atoms with Gasteiger partial charge in [-0.1, -0.05) is 6.92 Å². The SMILES string of the molecule is CCCNC1COCC1C(=O)NCc1cn[nH]c1. The Morgan fingerprint density at radius 3 is 3.22 bits per heavy atom. The lowest BCUT2D eigenvalue weighted by Gasteiger charge is -2.18. The van der Waals surface area contributed by atoms with E-state index >= 15 is 0 Å². The highest BCUT2D eigenvalue weighted by Crippen LogP contribution is 2.14. The maximum absolute atomic E-state index is 12.1. The van der Waals surface area contributed by atoms with E-state index in [4.69, 9.17) is 4.74 Å². The van der Waals surface area contributed by atoms with Gasteiger partial charge in [-0.2, -0.15) is 5.10 Å². The van der Waals surface area contributed by atoms with Crippen molar-refractivity contribution in [1.29, 1.82) is 0 Å². The molecule has 6 heteroatoms. The normalized spacial score (nSPS) is 23.2. The minimum Gasteiger partial charge on any atom is -0.379 e. The van der Waals surface area contributed by atoms with Gasteiger partial charge in [0.2, 0.25) is 5.91 Å². The van der Waals surface area contributed by atoms with Gasteiger partial charge >= 0.3 is 0 Å². The summed E-state index contributed by atoms with van der Waals surface area (Å²) in [6.45, 7) is 4.64. The summed E-state index contributed by atoms with van der Waals surface area (Å²) in [5, 5.41) is 12.8. The van der Waals surface area contributed by atoms with Gasteiger partial charge in [-0.15, -0.1) is 0 Å². The Balaban J connectivity index is 1.80. The lowest BCUT2D eigenvalue weighted by atomic mass is 10.0. The predicted molar refractivity (Wildman–Crippen MR) is 66.8 cm³/mol. The minimum absolute atomic E-state index is 0.0438. The van der Waals surface area contributed by atoms with Gasteiger partial charge in [0.05, 0.1) is 25.3 Å². The van der Waals surface area contributed by atoms with Crippen molar-refractivity contribution in [3.63, 3.8) is 0 Å². The fourth-order valence-corrected chi connectivity index (χ4v) is 2.04. The van der Waals surface area contributed by atoms with E-state index in [1.54, 1.807) is 12.4 Å². The van der Waals surface area contributed by atoms with Crippen LogP contribution in [-0.2, 0) is 16.1 Å². The van der Waals surface area contributed by atoms with Crippen LogP contribution >= 0.6 is 0 Å². The number of nitrogens with zero attached hydrogens (tertiary/aromatic N) is 1. The Morgan fingerprint density at radius 2 is 2.50 bits per heavy atom. The van der Waals surface area contributed by atoms with Crippen LogP contribution in [0.2, 0.25) is 0 Å². The molecule has 1 amide bonds. The van der Waals surface area contributed by atoms with Gasteiger partial charge in [0, 0.05) is 24.3 Å². The second kappa shape index (κ2) is 6.51. The van der Waals surface area contributed by atoms with Crippen molar-refractivity contribution in [2.45, 2.75) is 25.9 Å². The van der Waals surface area contributed by atoms with E-state index in [0.717, 1.165) is 18.5 Å². The molecule has 0 spiro atoms. The number of aromatic nitrogens is 2. The largest absolute Gasteiger partial charge is 0.379 e. The van der Waals surface area contributed by atoms with Crippen LogP contribution < -0.4 is 10.6 Å². The van der Waals surface area contributed by atoms with E-state index in [0.29, 0.717) is 19.8 Å². The molecule has 1 aromatic rings. The molecule has 2 unspecified atom stereocenters. The number of carbonyl (C=O) groups is 1. The average molecular weight is 252 g/mol. The number of hydrogen-bond acceptors (Lipinski definition) is 4. The molecule has 0 aromatic carbocycles. The molecule has 0 saturated carbocycles. The summed E-state index contributed by atoms with van der Waals surface area (Å²) < 4.78 is 5.38. The van der Waals surface area contributed by atoms with Crippen molar-refractivity contribution in [2.24, 2.45) is 5.92 Å². The fourth-order valence-electron chi connectivity index (χ4n) is 2.04. The predicted octanol–water partition coefficient (Wildman–Crippen LogP) is 0.0405. The summed E-state index contributed by atoms with van der Waals surface area (Å²) in [5.74, 6) is -0.0502. The Kier molecular flexibility index (Phi) is 4.72. The van der Waals surface area contributed by atoms with Gasteiger partial charge in [0.25, 0.3) is 0 Å². The van der Waals surface area contributed by atoms with E-state index < -0.39 is 0 Å². The van der Waals surface area contributed by atoms with Crippen LogP contribution in [0.5, 0.6) is 0 Å². The van der Waals surface area contributed by atoms with Crippen LogP contribution in [0.1, 0.15) is 18.9 Å². The number of nitrogens with one attached hydrogen (secondary N) is 3. The number of hydrogen-bond donors (Lipinski definition) is 3. The lowest BCUT2D eigenvalue weighted by Crippen LogP contribution is -2.44. The Labute approximate surface area is 106 Å². The molecule has 3 N–H and O–H groups in total. The fraction of sp³-hybridized carbons (Fsp3) is 0.667. The summed E-state index contributed by atoms with van der Waals surface area (Å²) in [7, 11) is 0. The van der Waals surface area contributed by atoms with E-state index in [2.05, 4.69) is 27.8 Å². The molecule has 100 valence electrons. The summed E-state index contributed by atoms with van der Waals surface area (Å²) >= 11 is 0. The standard InChI is InChI=1S/C12H20N4O2/c1-2-3-13-11-8-18-7-10(11)12(17)14-4-9-5-15-16-6-9/h5-6,10-11,13H,2-4,7-8H2,1H3,(H,14,17)(H,15,16). The van der Waals surface area contributed by atoms with Gasteiger partial charge in [-0.3, -0.25) is 9.89 Å². The molecule has 2 atom stereocenters. The molecule has 6 nitrogen and oxygen atoms in total. The molecule has 1 saturated heterocycles. The molecular weight excluding hydrogens is 232 g/mol. The zero-order valence-electron chi connectivity index (χ0n) is 10.6. The molecule has 1 aliphatic rings. The Hall–Kier alpha value is -1.40. The van der Waals surface area contributed by atoms with Crippen molar-refractivity contribution >= 4 is 5.91 Å². The van der Waals surface area contributed by atoms with Crippen LogP contribution in [-0.4, -0.2) is 41.9 Å². The molecule has 0 radical (unpaired) electrons. The molecule has 1 fully saturated rings. The highest BCUT2D eigenvalue weighted by Gasteiger charge is 2.33. The number of H-pyrrole nitrogens is 1. The van der Waals surface area contributed by atoms with Gasteiger partial charge in [-0.25, -0.2) is 0 Å². The second-order valence-corrected chi connectivity index (χ2v) is 4.53. The van der Waals surface area contributed by atoms with Crippen molar-refractivity contribution in [1.82, 2.24) is 20.8 Å². The summed E-state index contributed by atoms with van der Waals surface area (Å²) in [5.41, 5.74) is 0.973. The number of rotatable bonds is 6. The van der Waals surface area contributed by atoms with E-state index in [9.17, 15) is 4.79 Å². The van der Waals surface area contributed by atoms with Gasteiger partial charge < -0.3 is 15.4 Å². The number of aromatic amines is 1. The highest BCUT2D eigenvalue weighted by molar-refractivity contribution is 5.79. The topological polar surface area (TPSA) is 79.0 Å². The van der Waals surface area contributed by atoms with Crippen molar-refractivity contribution in [3.8, 4) is 0 Å². The summed E-state index contributed by atoms with van der Waals surface area (Å²) in [4.78, 5) is 12.1. The first-order valence-corrected chi connectivity index (χ1v) is 6.37. The van der Waals surface area contributed by atoms with Crippen LogP contribution in [0, 0.1) is 5.92 Å². The summed E-state index contributed by atoms with van der Waals surface area (Å²) in [6.07, 6.45) is 4.54. The monoisotopic (exact) mass is 252 g/mol. The van der Waals surface area contributed by atoms with Gasteiger partial charge in [0.1, 0.15) is 0 Å². The maximum atomic E-state index is 12.1. The third-order valence-corrected chi connectivity index (χ3v) is 3.10. The summed E-state index contributed by atoms with van der Waals surface area (Å²) in [6, 6.07) is 0.134. The van der Waals surface area contributed by atoms with Crippen LogP contribution in [0.3, 0.4) is 0 Å². The quantitative estimate of drug-likeness (QED) is 0.668. The van der Waals surface area contributed by atoms with E-state index in [1.165, 1.54) is 0 Å². The molecular formula is C12H20N4O2. The third kappa shape index (κ3) is 3.30. The molecule has 2 heterocycles. The van der Waals surface area contributed by atoms with Crippen molar-refractivity contribution in [3.05, 3.63) is 18.0 Å². The number of ether oxygens (including phenoxy) is 1. The lowest BCUT2D eigenvalue weighted by molar-refractivity contribution is -0.125. The first kappa shape index (κ1) is 13.0. The van der Waals surface area contributed by atoms with Gasteiger partial charge in [-0.05, 0) is 13.0 Å². The van der Waals surface area contributed by atoms with Crippen LogP contribution in [0.15, 0.2) is 12.4 Å². The Bertz CT molecular complexity index is 366. The molecule has 0 aliphatic carbocycles. The first-order valence-electron chi connectivity index (χ1n) is 6.37. The van der Waals surface area contributed by atoms with Crippen molar-refractivity contribution in [2.75, 3.05) is 19.8 Å². The number of amides is 1. The van der Waals surface area contributed by atoms with Gasteiger partial charge in [0.15, 0.2) is 0 Å². The molecule has 0 bridgehead atoms. The van der Waals surface area contributed by atoms with E-state index in [1.807, 2.05) is 0 Å². The van der Waals surface area contributed by atoms with Crippen molar-refractivity contribution < 1.29 is 9.53 Å². The Morgan fingerprint density at radius 1 is 1.61 bits per heavy atom. The molecule has 18 heavy (non-hydrogen) atoms. The highest BCUT2D eigenvalue weighted by atomic mass is 16.5.